The van der Waals surface area contributed by atoms with Crippen LogP contribution in [0.25, 0.3) is 0 Å². The first-order chi connectivity index (χ1) is 8.15. The predicted molar refractivity (Wildman–Crippen MR) is 75.4 cm³/mol. The molecule has 1 rings (SSSR count). The summed E-state index contributed by atoms with van der Waals surface area (Å²) in [7, 11) is 4.08. The molecular formula is C12H17ClN2OS. The molecule has 0 unspecified atom stereocenters. The van der Waals surface area contributed by atoms with Crippen LogP contribution in [0.15, 0.2) is 29.4 Å². The Labute approximate surface area is 111 Å². The van der Waals surface area contributed by atoms with Crippen molar-refractivity contribution in [3.8, 4) is 0 Å². The largest absolute Gasteiger partial charge is 0.410 e. The third-order valence-corrected chi connectivity index (χ3v) is 3.58. The molecule has 0 saturated carbocycles. The average molecular weight is 273 g/mol. The Kier molecular flexibility index (Phi) is 6.40. The third kappa shape index (κ3) is 4.98. The zero-order valence-electron chi connectivity index (χ0n) is 10.1. The summed E-state index contributed by atoms with van der Waals surface area (Å²) in [5, 5.41) is 13.5. The summed E-state index contributed by atoms with van der Waals surface area (Å²) in [4.78, 5) is 2.13. The quantitative estimate of drug-likeness (QED) is 0.294. The number of nitrogens with zero attached hydrogens (tertiary/aromatic N) is 2. The zero-order chi connectivity index (χ0) is 12.7. The first kappa shape index (κ1) is 14.4. The van der Waals surface area contributed by atoms with Crippen molar-refractivity contribution in [2.45, 2.75) is 6.42 Å². The maximum Gasteiger partial charge on any atom is 0.144 e. The Morgan fingerprint density at radius 3 is 2.71 bits per heavy atom. The van der Waals surface area contributed by atoms with Gasteiger partial charge in [0.15, 0.2) is 0 Å². The van der Waals surface area contributed by atoms with Crippen LogP contribution in [0.2, 0.25) is 5.02 Å². The van der Waals surface area contributed by atoms with Gasteiger partial charge in [0.1, 0.15) is 5.04 Å². The van der Waals surface area contributed by atoms with E-state index in [4.69, 9.17) is 16.8 Å². The van der Waals surface area contributed by atoms with Crippen molar-refractivity contribution in [1.29, 1.82) is 0 Å². The van der Waals surface area contributed by atoms with Gasteiger partial charge in [0, 0.05) is 11.3 Å². The average Bonchev–Trinajstić information content (AvgIpc) is 2.30. The molecule has 0 atom stereocenters. The second-order valence-corrected chi connectivity index (χ2v) is 5.38. The highest BCUT2D eigenvalue weighted by Crippen LogP contribution is 2.22. The van der Waals surface area contributed by atoms with Crippen LogP contribution < -0.4 is 0 Å². The Hall–Kier alpha value is -0.710. The standard InChI is InChI=1S/C12H17ClN2OS/c1-15(2)8-5-9-17-12(14-16)10-6-3-4-7-11(10)13/h3-4,6-7,16H,5,8-9H2,1-2H3/b14-12+. The van der Waals surface area contributed by atoms with Gasteiger partial charge in [0.25, 0.3) is 0 Å². The maximum atomic E-state index is 9.01. The van der Waals surface area contributed by atoms with Gasteiger partial charge < -0.3 is 10.1 Å². The molecule has 0 heterocycles. The highest BCUT2D eigenvalue weighted by Gasteiger charge is 2.08. The monoisotopic (exact) mass is 272 g/mol. The van der Waals surface area contributed by atoms with Gasteiger partial charge in [-0.2, -0.15) is 0 Å². The summed E-state index contributed by atoms with van der Waals surface area (Å²) >= 11 is 7.57. The molecule has 1 N–H and O–H groups in total. The van der Waals surface area contributed by atoms with E-state index in [1.54, 1.807) is 6.07 Å². The van der Waals surface area contributed by atoms with Crippen LogP contribution >= 0.6 is 23.4 Å². The molecule has 0 radical (unpaired) electrons. The van der Waals surface area contributed by atoms with E-state index >= 15 is 0 Å². The molecule has 0 saturated heterocycles. The van der Waals surface area contributed by atoms with Crippen LogP contribution in [0.3, 0.4) is 0 Å². The minimum absolute atomic E-state index is 0.578. The van der Waals surface area contributed by atoms with E-state index in [9.17, 15) is 0 Å². The van der Waals surface area contributed by atoms with Crippen molar-refractivity contribution in [2.75, 3.05) is 26.4 Å². The molecule has 5 heteroatoms. The first-order valence-electron chi connectivity index (χ1n) is 5.39. The molecule has 94 valence electrons. The summed E-state index contributed by atoms with van der Waals surface area (Å²) in [5.74, 6) is 0.906. The van der Waals surface area contributed by atoms with Crippen molar-refractivity contribution >= 4 is 28.4 Å². The molecule has 0 bridgehead atoms. The molecule has 0 aliphatic heterocycles. The van der Waals surface area contributed by atoms with Gasteiger partial charge in [-0.05, 0) is 33.1 Å². The minimum atomic E-state index is 0.578. The van der Waals surface area contributed by atoms with Crippen LogP contribution in [-0.2, 0) is 0 Å². The molecule has 0 spiro atoms. The van der Waals surface area contributed by atoms with Crippen LogP contribution in [0.5, 0.6) is 0 Å². The number of rotatable bonds is 5. The Morgan fingerprint density at radius 2 is 2.12 bits per heavy atom. The molecule has 0 aliphatic rings. The number of oxime groups is 1. The number of halogens is 1. The minimum Gasteiger partial charge on any atom is -0.410 e. The Balaban J connectivity index is 2.53. The van der Waals surface area contributed by atoms with Crippen molar-refractivity contribution in [3.05, 3.63) is 34.9 Å². The smallest absolute Gasteiger partial charge is 0.144 e. The summed E-state index contributed by atoms with van der Waals surface area (Å²) in [6.45, 7) is 1.02. The number of thioether (sulfide) groups is 1. The molecule has 1 aromatic rings. The lowest BCUT2D eigenvalue weighted by Crippen LogP contribution is -2.13. The molecule has 0 aliphatic carbocycles. The highest BCUT2D eigenvalue weighted by atomic mass is 35.5. The summed E-state index contributed by atoms with van der Waals surface area (Å²) in [6.07, 6.45) is 1.04. The lowest BCUT2D eigenvalue weighted by Gasteiger charge is -2.09. The van der Waals surface area contributed by atoms with Gasteiger partial charge in [-0.3, -0.25) is 0 Å². The number of benzene rings is 1. The van der Waals surface area contributed by atoms with E-state index in [2.05, 4.69) is 10.1 Å². The second kappa shape index (κ2) is 7.58. The van der Waals surface area contributed by atoms with Crippen LogP contribution in [0.1, 0.15) is 12.0 Å². The molecule has 0 amide bonds. The van der Waals surface area contributed by atoms with Gasteiger partial charge in [-0.1, -0.05) is 35.0 Å². The van der Waals surface area contributed by atoms with Crippen molar-refractivity contribution < 1.29 is 5.21 Å². The lowest BCUT2D eigenvalue weighted by atomic mass is 10.2. The van der Waals surface area contributed by atoms with E-state index in [1.165, 1.54) is 11.8 Å². The zero-order valence-corrected chi connectivity index (χ0v) is 11.6. The number of hydrogen-bond acceptors (Lipinski definition) is 4. The van der Waals surface area contributed by atoms with Gasteiger partial charge in [0.05, 0.1) is 5.02 Å². The fourth-order valence-electron chi connectivity index (χ4n) is 1.34. The van der Waals surface area contributed by atoms with E-state index < -0.39 is 0 Å². The van der Waals surface area contributed by atoms with Crippen molar-refractivity contribution in [2.24, 2.45) is 5.16 Å². The summed E-state index contributed by atoms with van der Waals surface area (Å²) in [6, 6.07) is 7.39. The van der Waals surface area contributed by atoms with Crippen LogP contribution in [0, 0.1) is 0 Å². The fourth-order valence-corrected chi connectivity index (χ4v) is 2.48. The second-order valence-electron chi connectivity index (χ2n) is 3.89. The first-order valence-corrected chi connectivity index (χ1v) is 6.76. The van der Waals surface area contributed by atoms with E-state index in [-0.39, 0.29) is 0 Å². The van der Waals surface area contributed by atoms with Gasteiger partial charge in [0.2, 0.25) is 0 Å². The van der Waals surface area contributed by atoms with Gasteiger partial charge >= 0.3 is 0 Å². The Morgan fingerprint density at radius 1 is 1.41 bits per heavy atom. The Bertz CT molecular complexity index is 383. The molecule has 0 aromatic heterocycles. The van der Waals surface area contributed by atoms with Gasteiger partial charge in [-0.25, -0.2) is 0 Å². The van der Waals surface area contributed by atoms with Crippen LogP contribution in [-0.4, -0.2) is 41.5 Å². The normalized spacial score (nSPS) is 12.1. The van der Waals surface area contributed by atoms with E-state index in [1.807, 2.05) is 32.3 Å². The molecule has 0 fully saturated rings. The maximum absolute atomic E-state index is 9.01. The van der Waals surface area contributed by atoms with Crippen molar-refractivity contribution in [1.82, 2.24) is 4.90 Å². The predicted octanol–water partition coefficient (Wildman–Crippen LogP) is 3.16. The number of hydrogen-bond donors (Lipinski definition) is 1. The van der Waals surface area contributed by atoms with Crippen molar-refractivity contribution in [3.63, 3.8) is 0 Å². The highest BCUT2D eigenvalue weighted by molar-refractivity contribution is 8.14. The van der Waals surface area contributed by atoms with Gasteiger partial charge in [-0.15, -0.1) is 11.8 Å². The lowest BCUT2D eigenvalue weighted by molar-refractivity contribution is 0.321. The summed E-state index contributed by atoms with van der Waals surface area (Å²) in [5.41, 5.74) is 0.784. The topological polar surface area (TPSA) is 35.8 Å². The van der Waals surface area contributed by atoms with E-state index in [0.29, 0.717) is 10.1 Å². The van der Waals surface area contributed by atoms with Crippen LogP contribution in [0.4, 0.5) is 0 Å². The molecule has 3 nitrogen and oxygen atoms in total. The molecule has 17 heavy (non-hydrogen) atoms. The fraction of sp³-hybridized carbons (Fsp3) is 0.417. The summed E-state index contributed by atoms with van der Waals surface area (Å²) < 4.78 is 0. The van der Waals surface area contributed by atoms with E-state index in [0.717, 1.165) is 24.3 Å². The molecule has 1 aromatic carbocycles. The SMILES string of the molecule is CN(C)CCCS/C(=N/O)c1ccccc1Cl. The molecular weight excluding hydrogens is 256 g/mol. The third-order valence-electron chi connectivity index (χ3n) is 2.18.